The number of piperidine rings is 1. The van der Waals surface area contributed by atoms with Gasteiger partial charge in [0.25, 0.3) is 0 Å². The summed E-state index contributed by atoms with van der Waals surface area (Å²) in [5, 5.41) is 5.23. The number of nitrogens with zero attached hydrogens (tertiary/aromatic N) is 2. The van der Waals surface area contributed by atoms with E-state index in [1.54, 1.807) is 12.0 Å². The zero-order valence-corrected chi connectivity index (χ0v) is 19.3. The van der Waals surface area contributed by atoms with Crippen molar-refractivity contribution in [2.24, 2.45) is 5.92 Å². The average Bonchev–Trinajstić information content (AvgIpc) is 2.84. The number of carbonyl (C=O) groups is 2. The molecule has 0 bridgehead atoms. The van der Waals surface area contributed by atoms with E-state index in [1.165, 1.54) is 0 Å². The monoisotopic (exact) mass is 445 g/mol. The van der Waals surface area contributed by atoms with E-state index in [4.69, 9.17) is 4.74 Å². The van der Waals surface area contributed by atoms with Gasteiger partial charge in [-0.3, -0.25) is 14.5 Å². The molecule has 0 saturated carbocycles. The van der Waals surface area contributed by atoms with Crippen LogP contribution in [0.3, 0.4) is 0 Å². The highest BCUT2D eigenvalue weighted by molar-refractivity contribution is 5.92. The van der Waals surface area contributed by atoms with E-state index in [1.807, 2.05) is 55.6 Å². The van der Waals surface area contributed by atoms with Crippen LogP contribution < -0.4 is 10.1 Å². The Balaban J connectivity index is 1.31. The Bertz CT molecular complexity index is 1120. The van der Waals surface area contributed by atoms with Crippen LogP contribution in [0.25, 0.3) is 10.8 Å². The zero-order chi connectivity index (χ0) is 23.2. The van der Waals surface area contributed by atoms with E-state index in [2.05, 4.69) is 28.4 Å². The second-order valence-corrected chi connectivity index (χ2v) is 8.73. The number of likely N-dealkylation sites (N-methyl/N-ethyl adjacent to an activating group) is 1. The number of nitrogens with one attached hydrogen (secondary N) is 1. The van der Waals surface area contributed by atoms with Crippen molar-refractivity contribution in [1.29, 1.82) is 0 Å². The van der Waals surface area contributed by atoms with Gasteiger partial charge in [-0.15, -0.1) is 0 Å². The molecule has 1 heterocycles. The van der Waals surface area contributed by atoms with Gasteiger partial charge >= 0.3 is 0 Å². The van der Waals surface area contributed by atoms with Crippen molar-refractivity contribution in [2.45, 2.75) is 19.4 Å². The predicted octanol–water partition coefficient (Wildman–Crippen LogP) is 4.16. The lowest BCUT2D eigenvalue weighted by molar-refractivity contribution is -0.133. The first kappa shape index (κ1) is 22.8. The smallest absolute Gasteiger partial charge is 0.236 e. The summed E-state index contributed by atoms with van der Waals surface area (Å²) in [5.41, 5.74) is 1.89. The number of methoxy groups -OCH3 is 1. The molecule has 3 aromatic rings. The standard InChI is InChI=1S/C27H31N3O3/c1-29(17-20-10-11-22-16-25(33-2)13-12-21(22)15-20)26(31)19-30-14-6-7-23(18-30)27(32)28-24-8-4-3-5-9-24/h3-5,8-13,15-16,23H,6-7,14,17-19H2,1-2H3,(H,28,32). The molecule has 3 aromatic carbocycles. The van der Waals surface area contributed by atoms with Crippen molar-refractivity contribution < 1.29 is 14.3 Å². The molecule has 1 atom stereocenters. The number of amides is 2. The topological polar surface area (TPSA) is 61.9 Å². The molecule has 1 aliphatic rings. The van der Waals surface area contributed by atoms with E-state index in [9.17, 15) is 9.59 Å². The Hall–Kier alpha value is -3.38. The second-order valence-electron chi connectivity index (χ2n) is 8.73. The van der Waals surface area contributed by atoms with Crippen LogP contribution in [0.5, 0.6) is 5.75 Å². The quantitative estimate of drug-likeness (QED) is 0.593. The minimum Gasteiger partial charge on any atom is -0.497 e. The first-order valence-corrected chi connectivity index (χ1v) is 11.4. The number of fused-ring (bicyclic) bond motifs is 1. The summed E-state index contributed by atoms with van der Waals surface area (Å²) in [4.78, 5) is 29.4. The van der Waals surface area contributed by atoms with Crippen molar-refractivity contribution in [2.75, 3.05) is 39.1 Å². The van der Waals surface area contributed by atoms with Crippen LogP contribution in [-0.4, -0.2) is 55.4 Å². The Kier molecular flexibility index (Phi) is 7.25. The highest BCUT2D eigenvalue weighted by Gasteiger charge is 2.27. The third-order valence-electron chi connectivity index (χ3n) is 6.23. The number of rotatable bonds is 7. The molecule has 0 spiro atoms. The van der Waals surface area contributed by atoms with Gasteiger partial charge in [0.2, 0.25) is 11.8 Å². The maximum atomic E-state index is 12.9. The van der Waals surface area contributed by atoms with Crippen LogP contribution in [0.4, 0.5) is 5.69 Å². The third-order valence-corrected chi connectivity index (χ3v) is 6.23. The summed E-state index contributed by atoms with van der Waals surface area (Å²) >= 11 is 0. The Labute approximate surface area is 195 Å². The SMILES string of the molecule is COc1ccc2cc(CN(C)C(=O)CN3CCCC(C(=O)Nc4ccccc4)C3)ccc2c1. The van der Waals surface area contributed by atoms with Crippen molar-refractivity contribution >= 4 is 28.3 Å². The minimum atomic E-state index is -0.102. The Morgan fingerprint density at radius 1 is 1.06 bits per heavy atom. The average molecular weight is 446 g/mol. The van der Waals surface area contributed by atoms with Crippen molar-refractivity contribution in [3.8, 4) is 5.75 Å². The first-order valence-electron chi connectivity index (χ1n) is 11.4. The zero-order valence-electron chi connectivity index (χ0n) is 19.3. The molecule has 4 rings (SSSR count). The third kappa shape index (κ3) is 5.90. The second kappa shape index (κ2) is 10.5. The van der Waals surface area contributed by atoms with Crippen LogP contribution in [0.15, 0.2) is 66.7 Å². The van der Waals surface area contributed by atoms with E-state index in [-0.39, 0.29) is 17.7 Å². The van der Waals surface area contributed by atoms with Crippen LogP contribution in [-0.2, 0) is 16.1 Å². The molecule has 1 saturated heterocycles. The van der Waals surface area contributed by atoms with Crippen LogP contribution >= 0.6 is 0 Å². The lowest BCUT2D eigenvalue weighted by atomic mass is 9.97. The molecule has 0 radical (unpaired) electrons. The van der Waals surface area contributed by atoms with Gasteiger partial charge in [-0.2, -0.15) is 0 Å². The molecule has 0 aliphatic carbocycles. The molecule has 1 unspecified atom stereocenters. The highest BCUT2D eigenvalue weighted by atomic mass is 16.5. The van der Waals surface area contributed by atoms with Crippen molar-refractivity contribution in [3.05, 3.63) is 72.3 Å². The van der Waals surface area contributed by atoms with Gasteiger partial charge in [-0.05, 0) is 66.1 Å². The molecule has 172 valence electrons. The number of hydrogen-bond donors (Lipinski definition) is 1. The summed E-state index contributed by atoms with van der Waals surface area (Å²) in [6, 6.07) is 21.7. The van der Waals surface area contributed by atoms with Gasteiger partial charge in [-0.25, -0.2) is 0 Å². The number of hydrogen-bond acceptors (Lipinski definition) is 4. The largest absolute Gasteiger partial charge is 0.497 e. The fourth-order valence-electron chi connectivity index (χ4n) is 4.35. The number of likely N-dealkylation sites (tertiary alicyclic amines) is 1. The molecule has 6 heteroatoms. The minimum absolute atomic E-state index is 0.0273. The van der Waals surface area contributed by atoms with Crippen LogP contribution in [0.2, 0.25) is 0 Å². The summed E-state index contributed by atoms with van der Waals surface area (Å²) in [7, 11) is 3.50. The number of benzene rings is 3. The summed E-state index contributed by atoms with van der Waals surface area (Å²) in [6.45, 7) is 2.32. The van der Waals surface area contributed by atoms with Gasteiger partial charge in [0.1, 0.15) is 5.75 Å². The molecule has 33 heavy (non-hydrogen) atoms. The molecule has 2 amide bonds. The van der Waals surface area contributed by atoms with Crippen LogP contribution in [0.1, 0.15) is 18.4 Å². The molecule has 0 aromatic heterocycles. The van der Waals surface area contributed by atoms with Crippen molar-refractivity contribution in [3.63, 3.8) is 0 Å². The molecule has 1 N–H and O–H groups in total. The maximum absolute atomic E-state index is 12.9. The van der Waals surface area contributed by atoms with Crippen molar-refractivity contribution in [1.82, 2.24) is 9.80 Å². The lowest BCUT2D eigenvalue weighted by Gasteiger charge is -2.32. The van der Waals surface area contributed by atoms with Crippen LogP contribution in [0, 0.1) is 5.92 Å². The summed E-state index contributed by atoms with van der Waals surface area (Å²) < 4.78 is 5.29. The van der Waals surface area contributed by atoms with Gasteiger partial charge in [0, 0.05) is 25.8 Å². The molecular formula is C27H31N3O3. The van der Waals surface area contributed by atoms with Gasteiger partial charge < -0.3 is 15.0 Å². The van der Waals surface area contributed by atoms with Gasteiger partial charge in [-0.1, -0.05) is 36.4 Å². The number of para-hydroxylation sites is 1. The van der Waals surface area contributed by atoms with E-state index in [0.717, 1.165) is 47.2 Å². The van der Waals surface area contributed by atoms with E-state index in [0.29, 0.717) is 19.6 Å². The van der Waals surface area contributed by atoms with E-state index < -0.39 is 0 Å². The molecular weight excluding hydrogens is 414 g/mol. The Morgan fingerprint density at radius 3 is 2.61 bits per heavy atom. The van der Waals surface area contributed by atoms with Gasteiger partial charge in [0.15, 0.2) is 0 Å². The normalized spacial score (nSPS) is 16.4. The molecule has 1 fully saturated rings. The fourth-order valence-corrected chi connectivity index (χ4v) is 4.35. The fraction of sp³-hybridized carbons (Fsp3) is 0.333. The predicted molar refractivity (Wildman–Crippen MR) is 131 cm³/mol. The Morgan fingerprint density at radius 2 is 1.82 bits per heavy atom. The highest BCUT2D eigenvalue weighted by Crippen LogP contribution is 2.23. The summed E-state index contributed by atoms with van der Waals surface area (Å²) in [6.07, 6.45) is 1.76. The molecule has 1 aliphatic heterocycles. The first-order chi connectivity index (χ1) is 16.0. The number of ether oxygens (including phenoxy) is 1. The summed E-state index contributed by atoms with van der Waals surface area (Å²) in [5.74, 6) is 0.822. The lowest BCUT2D eigenvalue weighted by Crippen LogP contribution is -2.45. The van der Waals surface area contributed by atoms with E-state index >= 15 is 0 Å². The maximum Gasteiger partial charge on any atom is 0.236 e. The van der Waals surface area contributed by atoms with Gasteiger partial charge in [0.05, 0.1) is 19.6 Å². The number of carbonyl (C=O) groups excluding carboxylic acids is 2. The molecule has 6 nitrogen and oxygen atoms in total. The number of anilines is 1.